The molecule has 0 bridgehead atoms. The van der Waals surface area contributed by atoms with E-state index in [2.05, 4.69) is 74.7 Å². The van der Waals surface area contributed by atoms with Crippen LogP contribution in [0, 0.1) is 0 Å². The molecule has 0 aliphatic rings. The summed E-state index contributed by atoms with van der Waals surface area (Å²) in [5.41, 5.74) is 0. The summed E-state index contributed by atoms with van der Waals surface area (Å²) in [6.07, 6.45) is 54.6. The maximum atomic E-state index is 13.1. The Labute approximate surface area is 359 Å². The summed E-state index contributed by atoms with van der Waals surface area (Å²) in [5, 5.41) is 23.6. The first kappa shape index (κ1) is 55.8. The van der Waals surface area contributed by atoms with Crippen LogP contribution in [0.15, 0.2) is 48.6 Å². The minimum atomic E-state index is -0.792. The van der Waals surface area contributed by atoms with Gasteiger partial charge >= 0.3 is 5.97 Å². The molecule has 0 spiro atoms. The number of esters is 1. The highest BCUT2D eigenvalue weighted by Gasteiger charge is 2.24. The van der Waals surface area contributed by atoms with Crippen LogP contribution in [-0.4, -0.2) is 46.9 Å². The molecule has 0 fully saturated rings. The Morgan fingerprint density at radius 1 is 0.517 bits per heavy atom. The second-order valence-electron chi connectivity index (χ2n) is 16.9. The molecule has 0 saturated heterocycles. The predicted octanol–water partition coefficient (Wildman–Crippen LogP) is 14.7. The fourth-order valence-corrected chi connectivity index (χ4v) is 7.42. The lowest BCUT2D eigenvalue weighted by molar-refractivity contribution is -0.151. The SMILES string of the molecule is CC/C=C/C=C/C=C/CCCCCCCC(CC(=O)NC(CO)C(O)CCCCCCCCCCC)OC(=O)CCCCCCCCC/C=C/CCCCCCCC. The van der Waals surface area contributed by atoms with Crippen LogP contribution in [0.3, 0.4) is 0 Å². The van der Waals surface area contributed by atoms with Crippen molar-refractivity contribution < 1.29 is 24.5 Å². The summed E-state index contributed by atoms with van der Waals surface area (Å²) in [4.78, 5) is 26.1. The molecule has 3 atom stereocenters. The summed E-state index contributed by atoms with van der Waals surface area (Å²) in [6.45, 7) is 6.32. The van der Waals surface area contributed by atoms with Crippen LogP contribution in [-0.2, 0) is 14.3 Å². The molecule has 0 aliphatic carbocycles. The minimum Gasteiger partial charge on any atom is -0.462 e. The number of nitrogens with one attached hydrogen (secondary N) is 1. The summed E-state index contributed by atoms with van der Waals surface area (Å²) in [6, 6.07) is -0.707. The third-order valence-electron chi connectivity index (χ3n) is 11.2. The molecule has 338 valence electrons. The lowest BCUT2D eigenvalue weighted by Gasteiger charge is -2.24. The average Bonchev–Trinajstić information content (AvgIpc) is 3.22. The lowest BCUT2D eigenvalue weighted by Crippen LogP contribution is -2.46. The summed E-state index contributed by atoms with van der Waals surface area (Å²) in [7, 11) is 0. The predicted molar refractivity (Wildman–Crippen MR) is 250 cm³/mol. The van der Waals surface area contributed by atoms with E-state index >= 15 is 0 Å². The van der Waals surface area contributed by atoms with Crippen LogP contribution in [0.4, 0.5) is 0 Å². The number of carbonyl (C=O) groups excluding carboxylic acids is 2. The molecule has 3 unspecified atom stereocenters. The van der Waals surface area contributed by atoms with Gasteiger partial charge in [0, 0.05) is 6.42 Å². The molecule has 0 saturated carbocycles. The van der Waals surface area contributed by atoms with Crippen molar-refractivity contribution in [2.45, 2.75) is 264 Å². The van der Waals surface area contributed by atoms with Crippen LogP contribution < -0.4 is 5.32 Å². The molecule has 1 amide bonds. The van der Waals surface area contributed by atoms with E-state index < -0.39 is 18.2 Å². The van der Waals surface area contributed by atoms with Gasteiger partial charge in [0.05, 0.1) is 25.2 Å². The number of ether oxygens (including phenoxy) is 1. The van der Waals surface area contributed by atoms with Crippen molar-refractivity contribution in [3.63, 3.8) is 0 Å². The number of aliphatic hydroxyl groups is 2. The van der Waals surface area contributed by atoms with E-state index in [1.54, 1.807) is 0 Å². The monoisotopic (exact) mass is 814 g/mol. The second kappa shape index (κ2) is 45.9. The van der Waals surface area contributed by atoms with Crippen molar-refractivity contribution in [3.8, 4) is 0 Å². The molecule has 6 heteroatoms. The second-order valence-corrected chi connectivity index (χ2v) is 16.9. The van der Waals surface area contributed by atoms with E-state index in [4.69, 9.17) is 4.74 Å². The molecule has 0 aromatic carbocycles. The van der Waals surface area contributed by atoms with Crippen molar-refractivity contribution in [2.24, 2.45) is 0 Å². The first-order chi connectivity index (χ1) is 28.5. The number of carbonyl (C=O) groups is 2. The van der Waals surface area contributed by atoms with Gasteiger partial charge in [-0.1, -0.05) is 211 Å². The zero-order chi connectivity index (χ0) is 42.4. The molecule has 0 heterocycles. The Morgan fingerprint density at radius 2 is 0.948 bits per heavy atom. The van der Waals surface area contributed by atoms with E-state index in [9.17, 15) is 19.8 Å². The Bertz CT molecular complexity index is 1000. The van der Waals surface area contributed by atoms with E-state index in [1.165, 1.54) is 116 Å². The molecule has 0 radical (unpaired) electrons. The Hall–Kier alpha value is -2.18. The lowest BCUT2D eigenvalue weighted by atomic mass is 10.0. The summed E-state index contributed by atoms with van der Waals surface area (Å²) < 4.78 is 5.91. The highest BCUT2D eigenvalue weighted by molar-refractivity contribution is 5.77. The summed E-state index contributed by atoms with van der Waals surface area (Å²) in [5.74, 6) is -0.497. The molecule has 0 rings (SSSR count). The van der Waals surface area contributed by atoms with Gasteiger partial charge in [-0.2, -0.15) is 0 Å². The van der Waals surface area contributed by atoms with E-state index in [-0.39, 0.29) is 24.9 Å². The number of allylic oxidation sites excluding steroid dienone is 8. The van der Waals surface area contributed by atoms with Crippen LogP contribution >= 0.6 is 0 Å². The maximum Gasteiger partial charge on any atom is 0.306 e. The third-order valence-corrected chi connectivity index (χ3v) is 11.2. The van der Waals surface area contributed by atoms with Crippen LogP contribution in [0.2, 0.25) is 0 Å². The fourth-order valence-electron chi connectivity index (χ4n) is 7.42. The number of rotatable bonds is 44. The van der Waals surface area contributed by atoms with Gasteiger partial charge in [0.15, 0.2) is 0 Å². The number of hydrogen-bond donors (Lipinski definition) is 3. The minimum absolute atomic E-state index is 0.0625. The van der Waals surface area contributed by atoms with Crippen molar-refractivity contribution in [1.82, 2.24) is 5.32 Å². The number of unbranched alkanes of at least 4 members (excludes halogenated alkanes) is 26. The quantitative estimate of drug-likeness (QED) is 0.0246. The van der Waals surface area contributed by atoms with Crippen LogP contribution in [0.1, 0.15) is 245 Å². The smallest absolute Gasteiger partial charge is 0.306 e. The van der Waals surface area contributed by atoms with Gasteiger partial charge in [0.1, 0.15) is 6.10 Å². The average molecular weight is 814 g/mol. The number of aliphatic hydroxyl groups excluding tert-OH is 2. The van der Waals surface area contributed by atoms with Gasteiger partial charge in [-0.15, -0.1) is 0 Å². The number of amides is 1. The summed E-state index contributed by atoms with van der Waals surface area (Å²) >= 11 is 0. The van der Waals surface area contributed by atoms with E-state index in [0.717, 1.165) is 83.5 Å². The molecule has 58 heavy (non-hydrogen) atoms. The zero-order valence-electron chi connectivity index (χ0n) is 38.4. The molecule has 0 aromatic rings. The first-order valence-electron chi connectivity index (χ1n) is 24.9. The van der Waals surface area contributed by atoms with Crippen LogP contribution in [0.25, 0.3) is 0 Å². The van der Waals surface area contributed by atoms with Gasteiger partial charge < -0.3 is 20.3 Å². The number of hydrogen-bond acceptors (Lipinski definition) is 5. The molecule has 3 N–H and O–H groups in total. The van der Waals surface area contributed by atoms with Crippen molar-refractivity contribution in [2.75, 3.05) is 6.61 Å². The molecule has 0 aromatic heterocycles. The third kappa shape index (κ3) is 40.6. The van der Waals surface area contributed by atoms with Gasteiger partial charge in [0.25, 0.3) is 0 Å². The molecular formula is C52H95NO5. The topological polar surface area (TPSA) is 95.9 Å². The largest absolute Gasteiger partial charge is 0.462 e. The van der Waals surface area contributed by atoms with Crippen molar-refractivity contribution >= 4 is 11.9 Å². The van der Waals surface area contributed by atoms with Crippen LogP contribution in [0.5, 0.6) is 0 Å². The Morgan fingerprint density at radius 3 is 1.45 bits per heavy atom. The first-order valence-corrected chi connectivity index (χ1v) is 24.9. The highest BCUT2D eigenvalue weighted by atomic mass is 16.5. The highest BCUT2D eigenvalue weighted by Crippen LogP contribution is 2.17. The zero-order valence-corrected chi connectivity index (χ0v) is 38.4. The van der Waals surface area contributed by atoms with Gasteiger partial charge in [-0.05, 0) is 70.6 Å². The van der Waals surface area contributed by atoms with Gasteiger partial charge in [-0.25, -0.2) is 0 Å². The molecule has 6 nitrogen and oxygen atoms in total. The molecule has 0 aliphatic heterocycles. The Kier molecular flexibility index (Phi) is 44.2. The standard InChI is InChI=1S/C52H95NO5/c1-4-7-10-13-16-19-21-23-24-25-26-28-30-33-36-39-42-45-52(57)58-48(43-40-37-34-32-29-27-22-20-17-14-11-8-5-2)46-51(56)53-49(47-54)50(55)44-41-38-35-31-18-15-12-9-6-3/h8,11,14,17,20,22-24,48-50,54-55H,4-7,9-10,12-13,15-16,18-19,21,25-47H2,1-3H3,(H,53,56)/b11-8+,17-14+,22-20+,24-23+. The molecular weight excluding hydrogens is 719 g/mol. The van der Waals surface area contributed by atoms with Gasteiger partial charge in [0.2, 0.25) is 5.91 Å². The fraction of sp³-hybridized carbons (Fsp3) is 0.808. The van der Waals surface area contributed by atoms with E-state index in [1.807, 2.05) is 0 Å². The maximum absolute atomic E-state index is 13.1. The van der Waals surface area contributed by atoms with E-state index in [0.29, 0.717) is 19.3 Å². The van der Waals surface area contributed by atoms with Gasteiger partial charge in [-0.3, -0.25) is 9.59 Å². The Balaban J connectivity index is 4.57. The normalized spacial score (nSPS) is 13.7. The van der Waals surface area contributed by atoms with Crippen molar-refractivity contribution in [3.05, 3.63) is 48.6 Å². The van der Waals surface area contributed by atoms with Crippen molar-refractivity contribution in [1.29, 1.82) is 0 Å².